The molecule has 1 heterocycles. The lowest BCUT2D eigenvalue weighted by Gasteiger charge is -2.24. The Hall–Kier alpha value is -2.38. The van der Waals surface area contributed by atoms with Crippen molar-refractivity contribution >= 4 is 29.7 Å². The Morgan fingerprint density at radius 3 is 2.41 bits per heavy atom. The Morgan fingerprint density at radius 2 is 1.74 bits per heavy atom. The van der Waals surface area contributed by atoms with Crippen LogP contribution in [0.5, 0.6) is 5.75 Å². The number of halogens is 3. The van der Waals surface area contributed by atoms with E-state index in [2.05, 4.69) is 20.7 Å². The van der Waals surface area contributed by atoms with Crippen LogP contribution in [0.3, 0.4) is 0 Å². The van der Waals surface area contributed by atoms with Crippen LogP contribution in [-0.2, 0) is 0 Å². The SMILES string of the molecule is Cl.O=C(NC1CCNCC1)c1ccccc1Nc1ccc(OC(F)F)cc1. The van der Waals surface area contributed by atoms with Crippen LogP contribution in [0.4, 0.5) is 20.2 Å². The summed E-state index contributed by atoms with van der Waals surface area (Å²) < 4.78 is 28.8. The number of nitrogens with one attached hydrogen (secondary N) is 3. The van der Waals surface area contributed by atoms with E-state index in [1.807, 2.05) is 12.1 Å². The predicted molar refractivity (Wildman–Crippen MR) is 103 cm³/mol. The maximum atomic E-state index is 12.6. The monoisotopic (exact) mass is 397 g/mol. The number of ether oxygens (including phenoxy) is 1. The number of hydrogen-bond acceptors (Lipinski definition) is 4. The van der Waals surface area contributed by atoms with Crippen molar-refractivity contribution in [2.45, 2.75) is 25.5 Å². The van der Waals surface area contributed by atoms with Gasteiger partial charge in [0.1, 0.15) is 5.75 Å². The molecule has 146 valence electrons. The number of hydrogen-bond donors (Lipinski definition) is 3. The summed E-state index contributed by atoms with van der Waals surface area (Å²) in [7, 11) is 0. The molecule has 0 spiro atoms. The number of carbonyl (C=O) groups excluding carboxylic acids is 1. The first-order chi connectivity index (χ1) is 12.6. The second-order valence-corrected chi connectivity index (χ2v) is 6.07. The van der Waals surface area contributed by atoms with Gasteiger partial charge in [-0.05, 0) is 62.3 Å². The number of rotatable bonds is 6. The van der Waals surface area contributed by atoms with E-state index in [9.17, 15) is 13.6 Å². The Kier molecular flexibility index (Phi) is 7.82. The van der Waals surface area contributed by atoms with Gasteiger partial charge in [0.25, 0.3) is 5.91 Å². The molecule has 0 saturated carbocycles. The first kappa shape index (κ1) is 20.9. The van der Waals surface area contributed by atoms with Gasteiger partial charge in [-0.3, -0.25) is 4.79 Å². The molecule has 2 aromatic rings. The van der Waals surface area contributed by atoms with Crippen LogP contribution in [0.25, 0.3) is 0 Å². The van der Waals surface area contributed by atoms with Crippen LogP contribution in [-0.4, -0.2) is 31.7 Å². The van der Waals surface area contributed by atoms with Crippen molar-refractivity contribution in [3.8, 4) is 5.75 Å². The van der Waals surface area contributed by atoms with Crippen LogP contribution < -0.4 is 20.7 Å². The highest BCUT2D eigenvalue weighted by molar-refractivity contribution is 6.00. The van der Waals surface area contributed by atoms with E-state index in [1.54, 1.807) is 24.3 Å². The maximum absolute atomic E-state index is 12.6. The van der Waals surface area contributed by atoms with E-state index in [-0.39, 0.29) is 30.1 Å². The molecule has 0 atom stereocenters. The second kappa shape index (κ2) is 10.1. The zero-order valence-corrected chi connectivity index (χ0v) is 15.4. The Morgan fingerprint density at radius 1 is 1.07 bits per heavy atom. The molecule has 27 heavy (non-hydrogen) atoms. The largest absolute Gasteiger partial charge is 0.435 e. The summed E-state index contributed by atoms with van der Waals surface area (Å²) in [4.78, 5) is 12.6. The Labute approximate surface area is 162 Å². The van der Waals surface area contributed by atoms with Crippen molar-refractivity contribution in [3.05, 3.63) is 54.1 Å². The number of benzene rings is 2. The third-order valence-electron chi connectivity index (χ3n) is 4.20. The quantitative estimate of drug-likeness (QED) is 0.691. The number of carbonyl (C=O) groups is 1. The summed E-state index contributed by atoms with van der Waals surface area (Å²) >= 11 is 0. The summed E-state index contributed by atoms with van der Waals surface area (Å²) in [5, 5.41) is 9.49. The van der Waals surface area contributed by atoms with Crippen molar-refractivity contribution < 1.29 is 18.3 Å². The molecular formula is C19H22ClF2N3O2. The number of anilines is 2. The summed E-state index contributed by atoms with van der Waals surface area (Å²) in [5.74, 6) is -0.0415. The van der Waals surface area contributed by atoms with Gasteiger partial charge in [0, 0.05) is 11.7 Å². The molecule has 0 bridgehead atoms. The highest BCUT2D eigenvalue weighted by Crippen LogP contribution is 2.24. The number of para-hydroxylation sites is 1. The van der Waals surface area contributed by atoms with Crippen molar-refractivity contribution in [1.29, 1.82) is 0 Å². The van der Waals surface area contributed by atoms with Gasteiger partial charge < -0.3 is 20.7 Å². The van der Waals surface area contributed by atoms with Gasteiger partial charge >= 0.3 is 6.61 Å². The number of amides is 1. The van der Waals surface area contributed by atoms with E-state index in [1.165, 1.54) is 12.1 Å². The molecule has 1 aliphatic rings. The lowest BCUT2D eigenvalue weighted by atomic mass is 10.1. The molecule has 2 aromatic carbocycles. The van der Waals surface area contributed by atoms with Gasteiger partial charge in [0.15, 0.2) is 0 Å². The lowest BCUT2D eigenvalue weighted by molar-refractivity contribution is -0.0498. The molecule has 0 unspecified atom stereocenters. The summed E-state index contributed by atoms with van der Waals surface area (Å²) in [6, 6.07) is 13.5. The molecule has 1 saturated heterocycles. The standard InChI is InChI=1S/C19H21F2N3O2.ClH/c20-19(21)26-15-7-5-13(6-8-15)23-17-4-2-1-3-16(17)18(25)24-14-9-11-22-12-10-14;/h1-8,14,19,22-23H,9-12H2,(H,24,25);1H. The Balaban J connectivity index is 0.00000261. The number of alkyl halides is 2. The van der Waals surface area contributed by atoms with Crippen molar-refractivity contribution in [2.75, 3.05) is 18.4 Å². The van der Waals surface area contributed by atoms with Crippen molar-refractivity contribution in [3.63, 3.8) is 0 Å². The van der Waals surface area contributed by atoms with Crippen LogP contribution in [0, 0.1) is 0 Å². The minimum atomic E-state index is -2.85. The maximum Gasteiger partial charge on any atom is 0.387 e. The van der Waals surface area contributed by atoms with E-state index < -0.39 is 6.61 Å². The van der Waals surface area contributed by atoms with Crippen LogP contribution in [0.1, 0.15) is 23.2 Å². The van der Waals surface area contributed by atoms with Gasteiger partial charge in [0.2, 0.25) is 0 Å². The average molecular weight is 398 g/mol. The molecule has 1 aliphatic heterocycles. The molecule has 3 N–H and O–H groups in total. The Bertz CT molecular complexity index is 738. The van der Waals surface area contributed by atoms with E-state index in [0.29, 0.717) is 16.9 Å². The molecule has 8 heteroatoms. The van der Waals surface area contributed by atoms with Gasteiger partial charge in [-0.15, -0.1) is 12.4 Å². The first-order valence-corrected chi connectivity index (χ1v) is 8.54. The fourth-order valence-electron chi connectivity index (χ4n) is 2.89. The van der Waals surface area contributed by atoms with E-state index in [0.717, 1.165) is 25.9 Å². The second-order valence-electron chi connectivity index (χ2n) is 6.07. The smallest absolute Gasteiger partial charge is 0.387 e. The van der Waals surface area contributed by atoms with E-state index in [4.69, 9.17) is 0 Å². The van der Waals surface area contributed by atoms with Gasteiger partial charge in [-0.1, -0.05) is 12.1 Å². The molecule has 1 fully saturated rings. The minimum absolute atomic E-state index is 0. The van der Waals surface area contributed by atoms with Gasteiger partial charge in [0.05, 0.1) is 11.3 Å². The van der Waals surface area contributed by atoms with Crippen LogP contribution >= 0.6 is 12.4 Å². The molecule has 0 aromatic heterocycles. The van der Waals surface area contributed by atoms with E-state index >= 15 is 0 Å². The zero-order valence-electron chi connectivity index (χ0n) is 14.6. The summed E-state index contributed by atoms with van der Waals surface area (Å²) in [6.45, 7) is -1.05. The van der Waals surface area contributed by atoms with Gasteiger partial charge in [-0.25, -0.2) is 0 Å². The average Bonchev–Trinajstić information content (AvgIpc) is 2.64. The molecule has 1 amide bonds. The molecule has 3 rings (SSSR count). The minimum Gasteiger partial charge on any atom is -0.435 e. The van der Waals surface area contributed by atoms with Crippen LogP contribution in [0.15, 0.2) is 48.5 Å². The first-order valence-electron chi connectivity index (χ1n) is 8.54. The summed E-state index contributed by atoms with van der Waals surface area (Å²) in [6.07, 6.45) is 1.82. The number of piperidine rings is 1. The lowest BCUT2D eigenvalue weighted by Crippen LogP contribution is -2.42. The fraction of sp³-hybridized carbons (Fsp3) is 0.316. The molecule has 0 aliphatic carbocycles. The van der Waals surface area contributed by atoms with Crippen molar-refractivity contribution in [2.24, 2.45) is 0 Å². The molecule has 0 radical (unpaired) electrons. The third kappa shape index (κ3) is 6.08. The normalized spacial score (nSPS) is 14.3. The van der Waals surface area contributed by atoms with Crippen LogP contribution in [0.2, 0.25) is 0 Å². The van der Waals surface area contributed by atoms with Crippen molar-refractivity contribution in [1.82, 2.24) is 10.6 Å². The highest BCUT2D eigenvalue weighted by Gasteiger charge is 2.18. The highest BCUT2D eigenvalue weighted by atomic mass is 35.5. The van der Waals surface area contributed by atoms with Gasteiger partial charge in [-0.2, -0.15) is 8.78 Å². The molecular weight excluding hydrogens is 376 g/mol. The molecule has 5 nitrogen and oxygen atoms in total. The fourth-order valence-corrected chi connectivity index (χ4v) is 2.89. The third-order valence-corrected chi connectivity index (χ3v) is 4.20. The zero-order chi connectivity index (χ0) is 18.4. The predicted octanol–water partition coefficient (Wildman–Crippen LogP) is 3.94. The topological polar surface area (TPSA) is 62.4 Å². The summed E-state index contributed by atoms with van der Waals surface area (Å²) in [5.41, 5.74) is 1.87.